The van der Waals surface area contributed by atoms with Crippen molar-refractivity contribution in [1.29, 1.82) is 0 Å². The van der Waals surface area contributed by atoms with E-state index in [0.717, 1.165) is 18.5 Å². The van der Waals surface area contributed by atoms with Crippen molar-refractivity contribution >= 4 is 5.91 Å². The zero-order valence-corrected chi connectivity index (χ0v) is 13.8. The van der Waals surface area contributed by atoms with E-state index in [9.17, 15) is 9.59 Å². The summed E-state index contributed by atoms with van der Waals surface area (Å²) in [6.07, 6.45) is 1.71. The molecule has 1 aliphatic heterocycles. The van der Waals surface area contributed by atoms with Crippen molar-refractivity contribution in [1.82, 2.24) is 19.8 Å². The summed E-state index contributed by atoms with van der Waals surface area (Å²) in [5, 5.41) is 6.83. The fraction of sp³-hybridized carbons (Fsp3) is 0.278. The maximum atomic E-state index is 12.9. The fourth-order valence-corrected chi connectivity index (χ4v) is 3.27. The van der Waals surface area contributed by atoms with Gasteiger partial charge < -0.3 is 9.42 Å². The summed E-state index contributed by atoms with van der Waals surface area (Å²) in [6.45, 7) is 2.48. The van der Waals surface area contributed by atoms with Gasteiger partial charge in [-0.15, -0.1) is 0 Å². The summed E-state index contributed by atoms with van der Waals surface area (Å²) in [6, 6.07) is 12.2. The lowest BCUT2D eigenvalue weighted by molar-refractivity contribution is 0.0708. The third kappa shape index (κ3) is 2.77. The largest absolute Gasteiger partial charge is 0.359 e. The van der Waals surface area contributed by atoms with E-state index in [1.807, 2.05) is 43.3 Å². The Hall–Kier alpha value is -3.09. The van der Waals surface area contributed by atoms with Gasteiger partial charge in [-0.3, -0.25) is 14.7 Å². The molecule has 0 aliphatic carbocycles. The van der Waals surface area contributed by atoms with E-state index in [0.29, 0.717) is 18.0 Å². The summed E-state index contributed by atoms with van der Waals surface area (Å²) in [4.78, 5) is 26.9. The highest BCUT2D eigenvalue weighted by Gasteiger charge is 2.34. The molecule has 1 unspecified atom stereocenters. The number of nitrogens with one attached hydrogen (secondary N) is 1. The Balaban J connectivity index is 1.64. The monoisotopic (exact) mass is 338 g/mol. The Bertz CT molecular complexity index is 954. The predicted octanol–water partition coefficient (Wildman–Crippen LogP) is 2.44. The molecule has 1 fully saturated rings. The minimum Gasteiger partial charge on any atom is -0.359 e. The molecular formula is C18H18N4O3. The van der Waals surface area contributed by atoms with Gasteiger partial charge in [0.15, 0.2) is 5.76 Å². The van der Waals surface area contributed by atoms with E-state index in [2.05, 4.69) is 10.3 Å². The van der Waals surface area contributed by atoms with Gasteiger partial charge >= 0.3 is 0 Å². The zero-order valence-electron chi connectivity index (χ0n) is 13.8. The van der Waals surface area contributed by atoms with Crippen LogP contribution in [0.4, 0.5) is 0 Å². The van der Waals surface area contributed by atoms with Gasteiger partial charge in [0, 0.05) is 18.7 Å². The number of nitrogens with zero attached hydrogens (tertiary/aromatic N) is 3. The van der Waals surface area contributed by atoms with Gasteiger partial charge in [0.2, 0.25) is 0 Å². The molecule has 3 heterocycles. The van der Waals surface area contributed by atoms with Gasteiger partial charge in [0.1, 0.15) is 5.69 Å². The number of carbonyl (C=O) groups is 1. The molecule has 25 heavy (non-hydrogen) atoms. The van der Waals surface area contributed by atoms with Crippen molar-refractivity contribution < 1.29 is 9.32 Å². The number of rotatable bonds is 3. The minimum atomic E-state index is -0.263. The average molecular weight is 338 g/mol. The zero-order chi connectivity index (χ0) is 17.4. The summed E-state index contributed by atoms with van der Waals surface area (Å²) in [5.41, 5.74) is 1.49. The quantitative estimate of drug-likeness (QED) is 0.795. The molecule has 0 radical (unpaired) electrons. The highest BCUT2D eigenvalue weighted by Crippen LogP contribution is 2.33. The molecule has 4 rings (SSSR count). The normalized spacial score (nSPS) is 17.2. The van der Waals surface area contributed by atoms with E-state index in [1.54, 1.807) is 4.90 Å². The van der Waals surface area contributed by atoms with Crippen molar-refractivity contribution in [2.75, 3.05) is 6.54 Å². The van der Waals surface area contributed by atoms with Crippen molar-refractivity contribution in [3.63, 3.8) is 0 Å². The highest BCUT2D eigenvalue weighted by molar-refractivity contribution is 5.92. The molecule has 1 aromatic carbocycles. The molecule has 1 amide bonds. The van der Waals surface area contributed by atoms with Gasteiger partial charge in [-0.25, -0.2) is 4.68 Å². The first-order valence-electron chi connectivity index (χ1n) is 8.25. The second kappa shape index (κ2) is 6.08. The van der Waals surface area contributed by atoms with Crippen LogP contribution >= 0.6 is 0 Å². The first-order valence-corrected chi connectivity index (χ1v) is 8.25. The van der Waals surface area contributed by atoms with Gasteiger partial charge in [-0.2, -0.15) is 0 Å². The van der Waals surface area contributed by atoms with Crippen LogP contribution in [0.5, 0.6) is 0 Å². The third-order valence-electron chi connectivity index (χ3n) is 4.45. The molecular weight excluding hydrogens is 320 g/mol. The Labute approximate surface area is 143 Å². The summed E-state index contributed by atoms with van der Waals surface area (Å²) in [7, 11) is 0. The van der Waals surface area contributed by atoms with Crippen LogP contribution in [0.15, 0.2) is 51.8 Å². The number of carbonyl (C=O) groups excluding carboxylic acids is 1. The van der Waals surface area contributed by atoms with E-state index in [1.165, 1.54) is 10.7 Å². The number of hydrogen-bond acceptors (Lipinski definition) is 4. The van der Waals surface area contributed by atoms with Crippen LogP contribution in [0.2, 0.25) is 0 Å². The van der Waals surface area contributed by atoms with Crippen LogP contribution in [-0.4, -0.2) is 32.3 Å². The highest BCUT2D eigenvalue weighted by atomic mass is 16.5. The van der Waals surface area contributed by atoms with Crippen molar-refractivity contribution in [2.45, 2.75) is 25.8 Å². The first kappa shape index (κ1) is 15.4. The smallest absolute Gasteiger partial charge is 0.272 e. The Morgan fingerprint density at radius 1 is 1.28 bits per heavy atom. The minimum absolute atomic E-state index is 0.141. The standard InChI is InChI=1S/C18H18N4O3/c1-12-10-16(25-20-12)15-8-5-9-21(15)18(24)14-11-17(23)22(19-14)13-6-3-2-4-7-13/h2-4,6-7,10-11,15,19H,5,8-9H2,1H3. The molecule has 2 aromatic heterocycles. The van der Waals surface area contributed by atoms with Gasteiger partial charge in [-0.1, -0.05) is 23.4 Å². The second-order valence-electron chi connectivity index (χ2n) is 6.21. The third-order valence-corrected chi connectivity index (χ3v) is 4.45. The number of aryl methyl sites for hydroxylation is 1. The average Bonchev–Trinajstić information content (AvgIpc) is 3.34. The number of likely N-dealkylation sites (tertiary alicyclic amines) is 1. The Morgan fingerprint density at radius 2 is 2.08 bits per heavy atom. The lowest BCUT2D eigenvalue weighted by atomic mass is 10.1. The van der Waals surface area contributed by atoms with Gasteiger partial charge in [-0.05, 0) is 31.9 Å². The molecule has 1 N–H and O–H groups in total. The predicted molar refractivity (Wildman–Crippen MR) is 90.6 cm³/mol. The number of H-pyrrole nitrogens is 1. The van der Waals surface area contributed by atoms with Crippen LogP contribution in [0.25, 0.3) is 5.69 Å². The number of amides is 1. The molecule has 1 saturated heterocycles. The maximum absolute atomic E-state index is 12.9. The number of aromatic amines is 1. The van der Waals surface area contributed by atoms with Crippen molar-refractivity contribution in [3.05, 3.63) is 70.0 Å². The van der Waals surface area contributed by atoms with Gasteiger partial charge in [0.25, 0.3) is 11.5 Å². The second-order valence-corrected chi connectivity index (χ2v) is 6.21. The van der Waals surface area contributed by atoms with Crippen LogP contribution in [0.3, 0.4) is 0 Å². The van der Waals surface area contributed by atoms with E-state index in [4.69, 9.17) is 4.52 Å². The van der Waals surface area contributed by atoms with E-state index in [-0.39, 0.29) is 23.2 Å². The number of hydrogen-bond donors (Lipinski definition) is 1. The summed E-state index contributed by atoms with van der Waals surface area (Å²) >= 11 is 0. The van der Waals surface area contributed by atoms with Crippen LogP contribution in [0, 0.1) is 6.92 Å². The van der Waals surface area contributed by atoms with Gasteiger partial charge in [0.05, 0.1) is 17.4 Å². The fourth-order valence-electron chi connectivity index (χ4n) is 3.27. The molecule has 0 spiro atoms. The Kier molecular flexibility index (Phi) is 3.76. The molecule has 1 aliphatic rings. The lowest BCUT2D eigenvalue weighted by Crippen LogP contribution is -2.30. The molecule has 1 atom stereocenters. The van der Waals surface area contributed by atoms with Crippen molar-refractivity contribution in [2.24, 2.45) is 0 Å². The maximum Gasteiger partial charge on any atom is 0.272 e. The molecule has 0 saturated carbocycles. The Morgan fingerprint density at radius 3 is 2.80 bits per heavy atom. The summed E-state index contributed by atoms with van der Waals surface area (Å²) in [5.74, 6) is 0.483. The van der Waals surface area contributed by atoms with Crippen LogP contribution < -0.4 is 5.56 Å². The molecule has 0 bridgehead atoms. The van der Waals surface area contributed by atoms with E-state index >= 15 is 0 Å². The molecule has 7 nitrogen and oxygen atoms in total. The number of aromatic nitrogens is 3. The SMILES string of the molecule is Cc1cc(C2CCCN2C(=O)c2cc(=O)n(-c3ccccc3)[nH]2)on1. The molecule has 7 heteroatoms. The van der Waals surface area contributed by atoms with E-state index < -0.39 is 0 Å². The van der Waals surface area contributed by atoms with Crippen molar-refractivity contribution in [3.8, 4) is 5.69 Å². The topological polar surface area (TPSA) is 84.1 Å². The number of para-hydroxylation sites is 1. The number of benzene rings is 1. The summed E-state index contributed by atoms with van der Waals surface area (Å²) < 4.78 is 6.71. The molecule has 128 valence electrons. The molecule has 3 aromatic rings. The van der Waals surface area contributed by atoms with Crippen LogP contribution in [0.1, 0.15) is 40.8 Å². The lowest BCUT2D eigenvalue weighted by Gasteiger charge is -2.21. The first-order chi connectivity index (χ1) is 12.1. The van der Waals surface area contributed by atoms with Crippen LogP contribution in [-0.2, 0) is 0 Å².